The lowest BCUT2D eigenvalue weighted by Crippen LogP contribution is -2.27. The van der Waals surface area contributed by atoms with Gasteiger partial charge in [0.05, 0.1) is 56.8 Å². The fourth-order valence-corrected chi connectivity index (χ4v) is 3.22. The normalized spacial score (nSPS) is 11.1. The van der Waals surface area contributed by atoms with E-state index in [1.54, 1.807) is 59.5 Å². The van der Waals surface area contributed by atoms with Crippen LogP contribution in [0.25, 0.3) is 11.4 Å². The van der Waals surface area contributed by atoms with Gasteiger partial charge in [-0.15, -0.1) is 0 Å². The molecule has 0 aliphatic rings. The zero-order valence-electron chi connectivity index (χ0n) is 20.6. The molecule has 0 aliphatic carbocycles. The number of methoxy groups -OCH3 is 2. The van der Waals surface area contributed by atoms with E-state index in [9.17, 15) is 4.79 Å². The van der Waals surface area contributed by atoms with Crippen molar-refractivity contribution in [3.63, 3.8) is 0 Å². The number of hydrogen-bond donors (Lipinski definition) is 2. The van der Waals surface area contributed by atoms with Crippen molar-refractivity contribution in [1.82, 2.24) is 15.0 Å². The highest BCUT2D eigenvalue weighted by molar-refractivity contribution is 5.83. The Morgan fingerprint density at radius 2 is 1.83 bits per heavy atom. The first-order chi connectivity index (χ1) is 16.7. The molecule has 0 saturated heterocycles. The van der Waals surface area contributed by atoms with Gasteiger partial charge in [-0.1, -0.05) is 6.07 Å². The summed E-state index contributed by atoms with van der Waals surface area (Å²) >= 11 is 0. The average molecular weight is 482 g/mol. The number of nitrogens with zero attached hydrogens (tertiary/aromatic N) is 3. The molecule has 186 valence electrons. The molecule has 0 radical (unpaired) electrons. The summed E-state index contributed by atoms with van der Waals surface area (Å²) in [4.78, 5) is 25.0. The number of aromatic nitrogens is 3. The minimum atomic E-state index is -0.588. The molecule has 1 aromatic carbocycles. The maximum atomic E-state index is 12.0. The van der Waals surface area contributed by atoms with E-state index in [4.69, 9.17) is 24.7 Å². The van der Waals surface area contributed by atoms with Gasteiger partial charge in [-0.05, 0) is 57.0 Å². The molecule has 0 spiro atoms. The number of anilines is 2. The number of carbonyl (C=O) groups is 1. The third-order valence-electron chi connectivity index (χ3n) is 4.71. The fourth-order valence-electron chi connectivity index (χ4n) is 3.22. The fraction of sp³-hybridized carbons (Fsp3) is 0.360. The van der Waals surface area contributed by atoms with E-state index in [0.717, 1.165) is 5.56 Å². The molecule has 0 fully saturated rings. The van der Waals surface area contributed by atoms with E-state index >= 15 is 0 Å². The van der Waals surface area contributed by atoms with Crippen LogP contribution in [0.4, 0.5) is 16.3 Å². The van der Waals surface area contributed by atoms with Gasteiger partial charge in [-0.2, -0.15) is 0 Å². The third kappa shape index (κ3) is 7.54. The summed E-state index contributed by atoms with van der Waals surface area (Å²) in [6.07, 6.45) is 3.23. The van der Waals surface area contributed by atoms with E-state index in [1.165, 1.54) is 0 Å². The first-order valence-corrected chi connectivity index (χ1v) is 11.0. The maximum Gasteiger partial charge on any atom is 0.413 e. The quantitative estimate of drug-likeness (QED) is 0.340. The highest BCUT2D eigenvalue weighted by Crippen LogP contribution is 2.35. The predicted molar refractivity (Wildman–Crippen MR) is 132 cm³/mol. The average Bonchev–Trinajstić information content (AvgIpc) is 2.80. The van der Waals surface area contributed by atoms with Gasteiger partial charge in [-0.3, -0.25) is 5.32 Å². The highest BCUT2D eigenvalue weighted by Gasteiger charge is 2.17. The van der Waals surface area contributed by atoms with Crippen molar-refractivity contribution < 1.29 is 23.7 Å². The Morgan fingerprint density at radius 1 is 1.09 bits per heavy atom. The topological polar surface area (TPSA) is 131 Å². The Hall–Kier alpha value is -3.92. The maximum absolute atomic E-state index is 12.0. The molecular weight excluding hydrogens is 450 g/mol. The van der Waals surface area contributed by atoms with Crippen LogP contribution >= 0.6 is 0 Å². The van der Waals surface area contributed by atoms with Crippen molar-refractivity contribution >= 4 is 17.6 Å². The van der Waals surface area contributed by atoms with Crippen molar-refractivity contribution in [2.45, 2.75) is 39.4 Å². The number of nitrogens with two attached hydrogens (primary N) is 1. The number of benzene rings is 1. The number of carbonyl (C=O) groups excluding carboxylic acids is 1. The smallest absolute Gasteiger partial charge is 0.413 e. The van der Waals surface area contributed by atoms with Crippen LogP contribution in [0.15, 0.2) is 42.7 Å². The molecule has 2 heterocycles. The first kappa shape index (κ1) is 25.7. The standard InChI is InChI=1S/C25H31N5O5/c1-25(2,3)35-24(31)30-21-8-6-7-17(29-21)15-34-10-9-16-11-19(22(33-5)20(26)12-16)23-27-13-18(32-4)14-28-23/h6-8,11-14H,9-10,15,26H2,1-5H3,(H,29,30,31). The zero-order valence-corrected chi connectivity index (χ0v) is 20.6. The monoisotopic (exact) mass is 481 g/mol. The van der Waals surface area contributed by atoms with E-state index in [0.29, 0.717) is 53.1 Å². The molecule has 10 nitrogen and oxygen atoms in total. The number of nitrogens with one attached hydrogen (secondary N) is 1. The zero-order chi connectivity index (χ0) is 25.4. The molecule has 0 bridgehead atoms. The van der Waals surface area contributed by atoms with Crippen molar-refractivity contribution in [3.05, 3.63) is 54.0 Å². The van der Waals surface area contributed by atoms with Crippen LogP contribution in [0.3, 0.4) is 0 Å². The molecule has 3 N–H and O–H groups in total. The van der Waals surface area contributed by atoms with E-state index < -0.39 is 11.7 Å². The van der Waals surface area contributed by atoms with Crippen molar-refractivity contribution in [2.75, 3.05) is 31.9 Å². The Balaban J connectivity index is 1.60. The largest absolute Gasteiger partial charge is 0.494 e. The van der Waals surface area contributed by atoms with E-state index in [2.05, 4.69) is 20.3 Å². The number of amides is 1. The number of ether oxygens (including phenoxy) is 4. The van der Waals surface area contributed by atoms with Crippen molar-refractivity contribution in [2.24, 2.45) is 0 Å². The first-order valence-electron chi connectivity index (χ1n) is 11.0. The van der Waals surface area contributed by atoms with Crippen LogP contribution in [-0.2, 0) is 22.5 Å². The minimum absolute atomic E-state index is 0.282. The Kier molecular flexibility index (Phi) is 8.43. The third-order valence-corrected chi connectivity index (χ3v) is 4.71. The number of rotatable bonds is 9. The number of nitrogen functional groups attached to an aromatic ring is 1. The lowest BCUT2D eigenvalue weighted by Gasteiger charge is -2.19. The second-order valence-corrected chi connectivity index (χ2v) is 8.66. The summed E-state index contributed by atoms with van der Waals surface area (Å²) in [5.41, 5.74) is 8.43. The van der Waals surface area contributed by atoms with Gasteiger partial charge < -0.3 is 24.7 Å². The van der Waals surface area contributed by atoms with Crippen LogP contribution in [0.5, 0.6) is 11.5 Å². The van der Waals surface area contributed by atoms with Crippen LogP contribution in [-0.4, -0.2) is 47.5 Å². The van der Waals surface area contributed by atoms with Gasteiger partial charge in [0.2, 0.25) is 0 Å². The van der Waals surface area contributed by atoms with Gasteiger partial charge in [-0.25, -0.2) is 19.7 Å². The molecule has 0 unspecified atom stereocenters. The molecular formula is C25H31N5O5. The van der Waals surface area contributed by atoms with E-state index in [1.807, 2.05) is 18.2 Å². The van der Waals surface area contributed by atoms with Crippen LogP contribution in [0.1, 0.15) is 32.0 Å². The molecule has 10 heteroatoms. The molecule has 3 rings (SSSR count). The van der Waals surface area contributed by atoms with Gasteiger partial charge >= 0.3 is 6.09 Å². The summed E-state index contributed by atoms with van der Waals surface area (Å²) in [6, 6.07) is 9.09. The summed E-state index contributed by atoms with van der Waals surface area (Å²) in [7, 11) is 3.11. The number of hydrogen-bond acceptors (Lipinski definition) is 9. The molecule has 0 aliphatic heterocycles. The lowest BCUT2D eigenvalue weighted by molar-refractivity contribution is 0.0635. The highest BCUT2D eigenvalue weighted by atomic mass is 16.6. The van der Waals surface area contributed by atoms with E-state index in [-0.39, 0.29) is 6.61 Å². The Bertz CT molecular complexity index is 1150. The minimum Gasteiger partial charge on any atom is -0.494 e. The Labute approximate surface area is 204 Å². The van der Waals surface area contributed by atoms with Gasteiger partial charge in [0.25, 0.3) is 0 Å². The van der Waals surface area contributed by atoms with Gasteiger partial charge in [0, 0.05) is 0 Å². The molecule has 3 aromatic rings. The Morgan fingerprint density at radius 3 is 2.49 bits per heavy atom. The molecule has 1 amide bonds. The number of pyridine rings is 1. The van der Waals surface area contributed by atoms with Gasteiger partial charge in [0.15, 0.2) is 17.3 Å². The predicted octanol–water partition coefficient (Wildman–Crippen LogP) is 4.24. The van der Waals surface area contributed by atoms with Crippen molar-refractivity contribution in [1.29, 1.82) is 0 Å². The molecule has 0 atom stereocenters. The van der Waals surface area contributed by atoms with Crippen LogP contribution in [0, 0.1) is 0 Å². The summed E-state index contributed by atoms with van der Waals surface area (Å²) in [5, 5.41) is 2.63. The summed E-state index contributed by atoms with van der Waals surface area (Å²) < 4.78 is 21.7. The molecule has 2 aromatic heterocycles. The lowest BCUT2D eigenvalue weighted by atomic mass is 10.0. The summed E-state index contributed by atoms with van der Waals surface area (Å²) in [6.45, 7) is 6.11. The van der Waals surface area contributed by atoms with Crippen LogP contribution in [0.2, 0.25) is 0 Å². The second-order valence-electron chi connectivity index (χ2n) is 8.66. The van der Waals surface area contributed by atoms with Crippen molar-refractivity contribution in [3.8, 4) is 22.9 Å². The van der Waals surface area contributed by atoms with Gasteiger partial charge in [0.1, 0.15) is 11.4 Å². The molecule has 35 heavy (non-hydrogen) atoms. The van der Waals surface area contributed by atoms with Crippen LogP contribution < -0.4 is 20.5 Å². The summed E-state index contributed by atoms with van der Waals surface area (Å²) in [5.74, 6) is 1.95. The SMILES string of the molecule is COc1cnc(-c2cc(CCOCc3cccc(NC(=O)OC(C)(C)C)n3)cc(N)c2OC)nc1. The molecule has 0 saturated carbocycles. The second kappa shape index (κ2) is 11.5.